The van der Waals surface area contributed by atoms with Crippen LogP contribution in [0.5, 0.6) is 0 Å². The van der Waals surface area contributed by atoms with E-state index in [1.807, 2.05) is 49.4 Å². The van der Waals surface area contributed by atoms with Crippen molar-refractivity contribution in [1.29, 1.82) is 0 Å². The van der Waals surface area contributed by atoms with Gasteiger partial charge in [0, 0.05) is 33.4 Å². The van der Waals surface area contributed by atoms with E-state index < -0.39 is 0 Å². The van der Waals surface area contributed by atoms with Gasteiger partial charge in [0.25, 0.3) is 0 Å². The van der Waals surface area contributed by atoms with Crippen molar-refractivity contribution in [2.45, 2.75) is 6.92 Å². The van der Waals surface area contributed by atoms with E-state index in [0.29, 0.717) is 10.0 Å². The molecule has 2 heterocycles. The van der Waals surface area contributed by atoms with Gasteiger partial charge in [-0.05, 0) is 49.4 Å². The molecule has 0 unspecified atom stereocenters. The molecule has 5 rings (SSSR count). The molecular formula is C23H17Cl3N4. The molecule has 0 aliphatic heterocycles. The molecule has 2 aromatic heterocycles. The number of fused-ring (bicyclic) bond motifs is 2. The maximum atomic E-state index is 6.20. The second-order valence-corrected chi connectivity index (χ2v) is 7.73. The number of aryl methyl sites for hydroxylation is 1. The van der Waals surface area contributed by atoms with Crippen LogP contribution in [0.25, 0.3) is 33.1 Å². The maximum absolute atomic E-state index is 6.20. The molecule has 5 aromatic rings. The number of hydrogen-bond donors (Lipinski definition) is 2. The minimum atomic E-state index is 0. The Kier molecular flexibility index (Phi) is 5.56. The number of nitrogens with zero attached hydrogens (tertiary/aromatic N) is 2. The Morgan fingerprint density at radius 1 is 0.867 bits per heavy atom. The number of benzene rings is 3. The van der Waals surface area contributed by atoms with Crippen molar-refractivity contribution in [2.24, 2.45) is 0 Å². The molecule has 0 amide bonds. The van der Waals surface area contributed by atoms with Gasteiger partial charge in [0.05, 0.1) is 21.1 Å². The zero-order valence-corrected chi connectivity index (χ0v) is 18.2. The van der Waals surface area contributed by atoms with E-state index in [1.54, 1.807) is 6.07 Å². The third-order valence-electron chi connectivity index (χ3n) is 4.88. The number of pyridine rings is 1. The minimum Gasteiger partial charge on any atom is -0.355 e. The van der Waals surface area contributed by atoms with E-state index in [-0.39, 0.29) is 12.4 Å². The predicted molar refractivity (Wildman–Crippen MR) is 129 cm³/mol. The molecule has 150 valence electrons. The number of rotatable bonds is 3. The molecule has 0 bridgehead atoms. The Morgan fingerprint density at radius 2 is 1.70 bits per heavy atom. The quantitative estimate of drug-likeness (QED) is 0.295. The SMILES string of the molecule is Cc1cc(Nc2ccc3[nH]nc(-c4ccc(Cl)c(Cl)c4)c3c2)c2ccccc2n1.Cl. The fraction of sp³-hybridized carbons (Fsp3) is 0.0435. The number of H-pyrrole nitrogens is 1. The van der Waals surface area contributed by atoms with Crippen LogP contribution in [0.4, 0.5) is 11.4 Å². The molecule has 0 saturated heterocycles. The highest BCUT2D eigenvalue weighted by Crippen LogP contribution is 2.34. The highest BCUT2D eigenvalue weighted by Gasteiger charge is 2.11. The molecule has 0 radical (unpaired) electrons. The van der Waals surface area contributed by atoms with Gasteiger partial charge in [0.1, 0.15) is 5.69 Å². The highest BCUT2D eigenvalue weighted by atomic mass is 35.5. The molecule has 0 atom stereocenters. The summed E-state index contributed by atoms with van der Waals surface area (Å²) in [5.74, 6) is 0. The minimum absolute atomic E-state index is 0. The summed E-state index contributed by atoms with van der Waals surface area (Å²) in [6.07, 6.45) is 0. The van der Waals surface area contributed by atoms with E-state index in [2.05, 4.69) is 38.7 Å². The summed E-state index contributed by atoms with van der Waals surface area (Å²) in [5.41, 5.74) is 6.62. The maximum Gasteiger partial charge on any atom is 0.100 e. The molecular weight excluding hydrogens is 439 g/mol. The van der Waals surface area contributed by atoms with Gasteiger partial charge in [-0.1, -0.05) is 47.5 Å². The van der Waals surface area contributed by atoms with Crippen molar-refractivity contribution in [2.75, 3.05) is 5.32 Å². The number of aromatic amines is 1. The summed E-state index contributed by atoms with van der Waals surface area (Å²) in [5, 5.41) is 14.2. The number of hydrogen-bond acceptors (Lipinski definition) is 3. The second kappa shape index (κ2) is 8.15. The highest BCUT2D eigenvalue weighted by molar-refractivity contribution is 6.42. The number of aromatic nitrogens is 3. The molecule has 4 nitrogen and oxygen atoms in total. The van der Waals surface area contributed by atoms with Crippen molar-refractivity contribution in [1.82, 2.24) is 15.2 Å². The van der Waals surface area contributed by atoms with Crippen molar-refractivity contribution in [3.63, 3.8) is 0 Å². The molecule has 7 heteroatoms. The van der Waals surface area contributed by atoms with Gasteiger partial charge < -0.3 is 5.32 Å². The smallest absolute Gasteiger partial charge is 0.100 e. The first-order valence-electron chi connectivity index (χ1n) is 9.15. The second-order valence-electron chi connectivity index (χ2n) is 6.91. The van der Waals surface area contributed by atoms with Crippen LogP contribution in [0.3, 0.4) is 0 Å². The average Bonchev–Trinajstić information content (AvgIpc) is 3.13. The van der Waals surface area contributed by atoms with Crippen molar-refractivity contribution in [3.05, 3.63) is 82.5 Å². The van der Waals surface area contributed by atoms with Crippen molar-refractivity contribution < 1.29 is 0 Å². The standard InChI is InChI=1S/C23H16Cl2N4.ClH/c1-13-10-22(16-4-2-3-5-20(16)26-13)27-15-7-9-21-17(12-15)23(29-28-21)14-6-8-18(24)19(25)11-14;/h2-12H,1H3,(H,26,27)(H,28,29);1H. The van der Waals surface area contributed by atoms with Gasteiger partial charge in [-0.25, -0.2) is 0 Å². The van der Waals surface area contributed by atoms with Crippen molar-refractivity contribution >= 4 is 68.8 Å². The van der Waals surface area contributed by atoms with E-state index >= 15 is 0 Å². The molecule has 3 aromatic carbocycles. The zero-order chi connectivity index (χ0) is 20.0. The number of para-hydroxylation sites is 1. The Bertz CT molecular complexity index is 1380. The summed E-state index contributed by atoms with van der Waals surface area (Å²) < 4.78 is 0. The van der Waals surface area contributed by atoms with Gasteiger partial charge in [0.2, 0.25) is 0 Å². The molecule has 2 N–H and O–H groups in total. The summed E-state index contributed by atoms with van der Waals surface area (Å²) in [4.78, 5) is 4.61. The van der Waals surface area contributed by atoms with Crippen LogP contribution in [0, 0.1) is 6.92 Å². The van der Waals surface area contributed by atoms with Crippen LogP contribution in [0.2, 0.25) is 10.0 Å². The zero-order valence-electron chi connectivity index (χ0n) is 15.9. The third kappa shape index (κ3) is 3.70. The first-order valence-corrected chi connectivity index (χ1v) is 9.91. The van der Waals surface area contributed by atoms with Gasteiger partial charge in [0.15, 0.2) is 0 Å². The fourth-order valence-corrected chi connectivity index (χ4v) is 3.82. The topological polar surface area (TPSA) is 53.6 Å². The fourth-order valence-electron chi connectivity index (χ4n) is 3.52. The van der Waals surface area contributed by atoms with Crippen LogP contribution in [-0.2, 0) is 0 Å². The van der Waals surface area contributed by atoms with Gasteiger partial charge >= 0.3 is 0 Å². The van der Waals surface area contributed by atoms with Crippen molar-refractivity contribution in [3.8, 4) is 11.3 Å². The first kappa shape index (κ1) is 20.5. The monoisotopic (exact) mass is 454 g/mol. The van der Waals surface area contributed by atoms with Crippen LogP contribution in [0.15, 0.2) is 66.7 Å². The summed E-state index contributed by atoms with van der Waals surface area (Å²) in [7, 11) is 0. The van der Waals surface area contributed by atoms with E-state index in [1.165, 1.54) is 0 Å². The third-order valence-corrected chi connectivity index (χ3v) is 5.62. The molecule has 0 spiro atoms. The normalized spacial score (nSPS) is 10.9. The number of nitrogens with one attached hydrogen (secondary N) is 2. The van der Waals surface area contributed by atoms with Gasteiger partial charge in [-0.2, -0.15) is 5.10 Å². The Hall–Kier alpha value is -2.79. The lowest BCUT2D eigenvalue weighted by Crippen LogP contribution is -1.94. The average molecular weight is 456 g/mol. The van der Waals surface area contributed by atoms with Crippen LogP contribution in [-0.4, -0.2) is 15.2 Å². The Balaban J connectivity index is 0.00000218. The van der Waals surface area contributed by atoms with E-state index in [4.69, 9.17) is 23.2 Å². The van der Waals surface area contributed by atoms with Gasteiger partial charge in [-0.15, -0.1) is 12.4 Å². The molecule has 0 aliphatic carbocycles. The summed E-state index contributed by atoms with van der Waals surface area (Å²) >= 11 is 12.3. The lowest BCUT2D eigenvalue weighted by atomic mass is 10.1. The van der Waals surface area contributed by atoms with Crippen LogP contribution >= 0.6 is 35.6 Å². The van der Waals surface area contributed by atoms with Gasteiger partial charge in [-0.3, -0.25) is 10.1 Å². The summed E-state index contributed by atoms with van der Waals surface area (Å²) in [6.45, 7) is 2.00. The molecule has 0 aliphatic rings. The lowest BCUT2D eigenvalue weighted by molar-refractivity contribution is 1.12. The predicted octanol–water partition coefficient (Wildman–Crippen LogP) is 7.56. The van der Waals surface area contributed by atoms with Crippen LogP contribution in [0.1, 0.15) is 5.69 Å². The van der Waals surface area contributed by atoms with Crippen LogP contribution < -0.4 is 5.32 Å². The number of anilines is 2. The van der Waals surface area contributed by atoms with E-state index in [9.17, 15) is 0 Å². The Morgan fingerprint density at radius 3 is 2.53 bits per heavy atom. The van der Waals surface area contributed by atoms with E-state index in [0.717, 1.165) is 50.1 Å². The molecule has 30 heavy (non-hydrogen) atoms. The Labute approximate surface area is 189 Å². The largest absolute Gasteiger partial charge is 0.355 e. The lowest BCUT2D eigenvalue weighted by Gasteiger charge is -2.11. The number of halogens is 3. The molecule has 0 saturated carbocycles. The summed E-state index contributed by atoms with van der Waals surface area (Å²) in [6, 6.07) is 21.8. The molecule has 0 fully saturated rings. The first-order chi connectivity index (χ1) is 14.1.